The molecular weight excluding hydrogens is 270 g/mol. The summed E-state index contributed by atoms with van der Waals surface area (Å²) in [5.41, 5.74) is 0. The molecule has 5 atom stereocenters. The molecule has 2 bridgehead atoms. The first kappa shape index (κ1) is 14.6. The highest BCUT2D eigenvalue weighted by atomic mass is 16.5. The Morgan fingerprint density at radius 3 is 2.43 bits per heavy atom. The molecule has 0 aromatic rings. The molecule has 1 saturated carbocycles. The fourth-order valence-electron chi connectivity index (χ4n) is 4.17. The zero-order chi connectivity index (χ0) is 15.0. The Labute approximate surface area is 124 Å². The average molecular weight is 293 g/mol. The van der Waals surface area contributed by atoms with Crippen molar-refractivity contribution in [2.45, 2.75) is 32.2 Å². The molecule has 5 nitrogen and oxygen atoms in total. The minimum Gasteiger partial charge on any atom is -0.481 e. The van der Waals surface area contributed by atoms with Crippen LogP contribution in [-0.4, -0.2) is 36.2 Å². The number of amides is 1. The summed E-state index contributed by atoms with van der Waals surface area (Å²) in [6, 6.07) is 0.0824. The van der Waals surface area contributed by atoms with E-state index in [1.807, 2.05) is 19.1 Å². The van der Waals surface area contributed by atoms with Gasteiger partial charge in [-0.25, -0.2) is 0 Å². The van der Waals surface area contributed by atoms with Crippen LogP contribution in [0.2, 0.25) is 0 Å². The third-order valence-electron chi connectivity index (χ3n) is 5.39. The number of carbonyl (C=O) groups excluding carboxylic acids is 1. The lowest BCUT2D eigenvalue weighted by Crippen LogP contribution is -2.46. The molecule has 0 aromatic carbocycles. The van der Waals surface area contributed by atoms with E-state index in [0.717, 1.165) is 32.5 Å². The van der Waals surface area contributed by atoms with E-state index in [0.29, 0.717) is 5.92 Å². The monoisotopic (exact) mass is 293 g/mol. The van der Waals surface area contributed by atoms with Gasteiger partial charge in [0.05, 0.1) is 11.8 Å². The first-order valence-electron chi connectivity index (χ1n) is 7.87. The Bertz CT molecular complexity index is 455. The molecule has 5 heteroatoms. The van der Waals surface area contributed by atoms with E-state index in [1.54, 1.807) is 0 Å². The van der Waals surface area contributed by atoms with Crippen LogP contribution < -0.4 is 5.32 Å². The maximum absolute atomic E-state index is 12.6. The highest BCUT2D eigenvalue weighted by molar-refractivity contribution is 5.87. The standard InChI is InChI=1S/C16H23NO4/c1-9(10-4-6-21-7-5-10)17-15(18)13-11-2-3-12(8-11)14(13)16(19)20/h2-3,9-14H,4-8H2,1H3,(H,17,18)(H,19,20)/t9?,11?,12?,13-,14+/m0/s1. The van der Waals surface area contributed by atoms with Crippen molar-refractivity contribution >= 4 is 11.9 Å². The Morgan fingerprint density at radius 1 is 1.19 bits per heavy atom. The predicted molar refractivity (Wildman–Crippen MR) is 76.5 cm³/mol. The van der Waals surface area contributed by atoms with Crippen LogP contribution in [0.25, 0.3) is 0 Å². The van der Waals surface area contributed by atoms with E-state index < -0.39 is 17.8 Å². The summed E-state index contributed by atoms with van der Waals surface area (Å²) < 4.78 is 5.34. The number of allylic oxidation sites excluding steroid dienone is 2. The van der Waals surface area contributed by atoms with Crippen LogP contribution in [0.15, 0.2) is 12.2 Å². The van der Waals surface area contributed by atoms with Gasteiger partial charge in [0.2, 0.25) is 5.91 Å². The molecule has 2 N–H and O–H groups in total. The quantitative estimate of drug-likeness (QED) is 0.769. The normalized spacial score (nSPS) is 36.6. The van der Waals surface area contributed by atoms with Crippen molar-refractivity contribution in [3.8, 4) is 0 Å². The molecule has 1 aliphatic heterocycles. The zero-order valence-electron chi connectivity index (χ0n) is 12.3. The number of carboxylic acids is 1. The van der Waals surface area contributed by atoms with Gasteiger partial charge in [0.1, 0.15) is 0 Å². The highest BCUT2D eigenvalue weighted by Crippen LogP contribution is 2.48. The molecule has 0 spiro atoms. The molecule has 21 heavy (non-hydrogen) atoms. The van der Waals surface area contributed by atoms with Gasteiger partial charge in [0.25, 0.3) is 0 Å². The van der Waals surface area contributed by atoms with Crippen molar-refractivity contribution in [3.63, 3.8) is 0 Å². The Balaban J connectivity index is 1.64. The molecular formula is C16H23NO4. The Hall–Kier alpha value is -1.36. The van der Waals surface area contributed by atoms with E-state index in [-0.39, 0.29) is 23.8 Å². The van der Waals surface area contributed by atoms with Crippen molar-refractivity contribution < 1.29 is 19.4 Å². The first-order chi connectivity index (χ1) is 10.1. The van der Waals surface area contributed by atoms with Gasteiger partial charge in [0.15, 0.2) is 0 Å². The van der Waals surface area contributed by atoms with Gasteiger partial charge in [-0.2, -0.15) is 0 Å². The minimum absolute atomic E-state index is 0.0293. The maximum Gasteiger partial charge on any atom is 0.307 e. The summed E-state index contributed by atoms with van der Waals surface area (Å²) in [6.07, 6.45) is 6.71. The van der Waals surface area contributed by atoms with Crippen molar-refractivity contribution in [3.05, 3.63) is 12.2 Å². The molecule has 0 radical (unpaired) electrons. The molecule has 3 aliphatic rings. The third kappa shape index (κ3) is 2.71. The SMILES string of the molecule is CC(NC(=O)[C@H]1C2C=CC(C2)[C@H]1C(=O)O)C1CCOCC1. The summed E-state index contributed by atoms with van der Waals surface area (Å²) >= 11 is 0. The molecule has 2 aliphatic carbocycles. The van der Waals surface area contributed by atoms with Crippen LogP contribution in [0.3, 0.4) is 0 Å². The van der Waals surface area contributed by atoms with Crippen LogP contribution in [0.4, 0.5) is 0 Å². The fourth-order valence-corrected chi connectivity index (χ4v) is 4.17. The van der Waals surface area contributed by atoms with Crippen LogP contribution in [0, 0.1) is 29.6 Å². The number of aliphatic carboxylic acids is 1. The lowest BCUT2D eigenvalue weighted by Gasteiger charge is -2.31. The number of hydrogen-bond donors (Lipinski definition) is 2. The summed E-state index contributed by atoms with van der Waals surface area (Å²) in [7, 11) is 0. The summed E-state index contributed by atoms with van der Waals surface area (Å²) in [4.78, 5) is 24.0. The van der Waals surface area contributed by atoms with Crippen LogP contribution >= 0.6 is 0 Å². The second-order valence-corrected chi connectivity index (χ2v) is 6.59. The Kier molecular flexibility index (Phi) is 4.02. The molecule has 2 fully saturated rings. The number of hydrogen-bond acceptors (Lipinski definition) is 3. The van der Waals surface area contributed by atoms with Crippen LogP contribution in [0.5, 0.6) is 0 Å². The molecule has 0 aromatic heterocycles. The van der Waals surface area contributed by atoms with Crippen LogP contribution in [-0.2, 0) is 14.3 Å². The maximum atomic E-state index is 12.6. The van der Waals surface area contributed by atoms with Gasteiger partial charge in [-0.3, -0.25) is 9.59 Å². The molecule has 1 saturated heterocycles. The summed E-state index contributed by atoms with van der Waals surface area (Å²) in [6.45, 7) is 3.52. The predicted octanol–water partition coefficient (Wildman–Crippen LogP) is 1.44. The molecule has 116 valence electrons. The number of nitrogens with one attached hydrogen (secondary N) is 1. The number of rotatable bonds is 4. The average Bonchev–Trinajstić information content (AvgIpc) is 3.08. The summed E-state index contributed by atoms with van der Waals surface area (Å²) in [5.74, 6) is -1.33. The summed E-state index contributed by atoms with van der Waals surface area (Å²) in [5, 5.41) is 12.5. The molecule has 3 rings (SSSR count). The molecule has 1 heterocycles. The van der Waals surface area contributed by atoms with E-state index in [1.165, 1.54) is 0 Å². The van der Waals surface area contributed by atoms with Gasteiger partial charge in [-0.05, 0) is 43.9 Å². The molecule has 1 amide bonds. The topological polar surface area (TPSA) is 75.6 Å². The highest BCUT2D eigenvalue weighted by Gasteiger charge is 2.51. The second-order valence-electron chi connectivity index (χ2n) is 6.59. The van der Waals surface area contributed by atoms with E-state index >= 15 is 0 Å². The lowest BCUT2D eigenvalue weighted by atomic mass is 9.82. The van der Waals surface area contributed by atoms with Gasteiger partial charge < -0.3 is 15.2 Å². The van der Waals surface area contributed by atoms with Gasteiger partial charge >= 0.3 is 5.97 Å². The minimum atomic E-state index is -0.842. The number of carboxylic acid groups (broad SMARTS) is 1. The van der Waals surface area contributed by atoms with Crippen molar-refractivity contribution in [2.75, 3.05) is 13.2 Å². The van der Waals surface area contributed by atoms with E-state index in [2.05, 4.69) is 5.32 Å². The van der Waals surface area contributed by atoms with Gasteiger partial charge in [-0.15, -0.1) is 0 Å². The number of ether oxygens (including phenoxy) is 1. The largest absolute Gasteiger partial charge is 0.481 e. The van der Waals surface area contributed by atoms with E-state index in [4.69, 9.17) is 4.74 Å². The van der Waals surface area contributed by atoms with Crippen molar-refractivity contribution in [1.82, 2.24) is 5.32 Å². The van der Waals surface area contributed by atoms with Gasteiger partial charge in [0, 0.05) is 19.3 Å². The fraction of sp³-hybridized carbons (Fsp3) is 0.750. The van der Waals surface area contributed by atoms with E-state index in [9.17, 15) is 14.7 Å². The lowest BCUT2D eigenvalue weighted by molar-refractivity contribution is -0.148. The zero-order valence-corrected chi connectivity index (χ0v) is 12.3. The van der Waals surface area contributed by atoms with Crippen molar-refractivity contribution in [1.29, 1.82) is 0 Å². The third-order valence-corrected chi connectivity index (χ3v) is 5.39. The second kappa shape index (κ2) is 5.79. The smallest absolute Gasteiger partial charge is 0.307 e. The van der Waals surface area contributed by atoms with Crippen molar-refractivity contribution in [2.24, 2.45) is 29.6 Å². The number of carbonyl (C=O) groups is 2. The Morgan fingerprint density at radius 2 is 1.81 bits per heavy atom. The van der Waals surface area contributed by atoms with Crippen LogP contribution in [0.1, 0.15) is 26.2 Å². The molecule has 3 unspecified atom stereocenters. The first-order valence-corrected chi connectivity index (χ1v) is 7.87. The number of fused-ring (bicyclic) bond motifs is 2. The van der Waals surface area contributed by atoms with Gasteiger partial charge in [-0.1, -0.05) is 12.2 Å².